The Hall–Kier alpha value is -2.74. The third-order valence-corrected chi connectivity index (χ3v) is 3.64. The number of amides is 2. The minimum atomic E-state index is -0.321. The first-order valence-electron chi connectivity index (χ1n) is 7.91. The second-order valence-corrected chi connectivity index (χ2v) is 5.41. The molecule has 0 N–H and O–H groups in total. The number of carbonyl (C=O) groups excluding carboxylic acids is 2. The molecule has 1 saturated heterocycles. The van der Waals surface area contributed by atoms with Gasteiger partial charge in [0.05, 0.1) is 13.2 Å². The third-order valence-electron chi connectivity index (χ3n) is 3.64. The van der Waals surface area contributed by atoms with Gasteiger partial charge in [0, 0.05) is 25.7 Å². The van der Waals surface area contributed by atoms with E-state index in [0.717, 1.165) is 5.01 Å². The van der Waals surface area contributed by atoms with Crippen molar-refractivity contribution in [2.24, 2.45) is 10.3 Å². The molecule has 1 aromatic carbocycles. The minimum Gasteiger partial charge on any atom is -0.399 e. The molecule has 0 atom stereocenters. The molecule has 1 aliphatic rings. The first-order valence-corrected chi connectivity index (χ1v) is 7.91. The predicted molar refractivity (Wildman–Crippen MR) is 93.5 cm³/mol. The van der Waals surface area contributed by atoms with Crippen molar-refractivity contribution in [2.45, 2.75) is 6.92 Å². The zero-order chi connectivity index (χ0) is 18.2. The molecule has 0 aliphatic carbocycles. The number of hydrogen-bond acceptors (Lipinski definition) is 6. The average Bonchev–Trinajstić information content (AvgIpc) is 2.66. The van der Waals surface area contributed by atoms with Gasteiger partial charge in [-0.2, -0.15) is 5.10 Å². The number of carbonyl (C=O) groups is 2. The predicted octanol–water partition coefficient (Wildman–Crippen LogP) is 0.996. The first kappa shape index (κ1) is 18.6. The fraction of sp³-hybridized carbons (Fsp3) is 0.412. The van der Waals surface area contributed by atoms with E-state index in [9.17, 15) is 9.59 Å². The molecule has 0 spiro atoms. The number of hydrogen-bond donors (Lipinski definition) is 0. The van der Waals surface area contributed by atoms with Crippen LogP contribution in [0.1, 0.15) is 17.3 Å². The second kappa shape index (κ2) is 8.93. The van der Waals surface area contributed by atoms with Crippen molar-refractivity contribution in [3.63, 3.8) is 0 Å². The summed E-state index contributed by atoms with van der Waals surface area (Å²) in [5.74, 6) is -0.632. The van der Waals surface area contributed by atoms with Crippen LogP contribution in [0.25, 0.3) is 0 Å². The Morgan fingerprint density at radius 3 is 2.44 bits per heavy atom. The molecule has 1 aliphatic heterocycles. The van der Waals surface area contributed by atoms with E-state index in [4.69, 9.17) is 9.57 Å². The van der Waals surface area contributed by atoms with Crippen molar-refractivity contribution in [1.82, 2.24) is 9.91 Å². The molecule has 0 unspecified atom stereocenters. The second-order valence-electron chi connectivity index (χ2n) is 5.41. The number of oxime groups is 1. The molecule has 1 aromatic rings. The lowest BCUT2D eigenvalue weighted by molar-refractivity contribution is -0.127. The monoisotopic (exact) mass is 346 g/mol. The van der Waals surface area contributed by atoms with Crippen LogP contribution in [0.15, 0.2) is 40.6 Å². The quantitative estimate of drug-likeness (QED) is 0.588. The Morgan fingerprint density at radius 1 is 1.20 bits per heavy atom. The van der Waals surface area contributed by atoms with Crippen LogP contribution in [0.3, 0.4) is 0 Å². The number of morpholine rings is 1. The number of ether oxygens (including phenoxy) is 1. The molecule has 8 nitrogen and oxygen atoms in total. The SMILES string of the molecule is CON=C(C)C(=NN(C)C(=O)c1ccccc1)C(=O)N1CCOCC1. The largest absolute Gasteiger partial charge is 0.399 e. The Bertz CT molecular complexity index is 666. The first-order chi connectivity index (χ1) is 12.0. The summed E-state index contributed by atoms with van der Waals surface area (Å²) >= 11 is 0. The average molecular weight is 346 g/mol. The van der Waals surface area contributed by atoms with Gasteiger partial charge < -0.3 is 14.5 Å². The molecular weight excluding hydrogens is 324 g/mol. The van der Waals surface area contributed by atoms with Crippen LogP contribution in [-0.2, 0) is 14.4 Å². The van der Waals surface area contributed by atoms with E-state index < -0.39 is 0 Å². The van der Waals surface area contributed by atoms with Crippen LogP contribution < -0.4 is 0 Å². The molecule has 0 bridgehead atoms. The standard InChI is InChI=1S/C17H22N4O4/c1-13(19-24-3)15(17(23)21-9-11-25-12-10-21)18-20(2)16(22)14-7-5-4-6-8-14/h4-8H,9-12H2,1-3H3. The normalized spacial score (nSPS) is 15.7. The third kappa shape index (κ3) is 4.87. The fourth-order valence-electron chi connectivity index (χ4n) is 2.33. The molecule has 1 heterocycles. The number of rotatable bonds is 5. The van der Waals surface area contributed by atoms with E-state index in [1.807, 2.05) is 6.07 Å². The Labute approximate surface area is 146 Å². The van der Waals surface area contributed by atoms with Crippen LogP contribution in [0.2, 0.25) is 0 Å². The lowest BCUT2D eigenvalue weighted by Gasteiger charge is -2.27. The summed E-state index contributed by atoms with van der Waals surface area (Å²) in [7, 11) is 2.89. The summed E-state index contributed by atoms with van der Waals surface area (Å²) in [6.45, 7) is 3.49. The van der Waals surface area contributed by atoms with E-state index in [0.29, 0.717) is 37.6 Å². The maximum atomic E-state index is 12.8. The van der Waals surface area contributed by atoms with Crippen molar-refractivity contribution >= 4 is 23.2 Å². The summed E-state index contributed by atoms with van der Waals surface area (Å²) < 4.78 is 5.26. The van der Waals surface area contributed by atoms with Crippen LogP contribution in [0.4, 0.5) is 0 Å². The van der Waals surface area contributed by atoms with Gasteiger partial charge in [-0.3, -0.25) is 9.59 Å². The van der Waals surface area contributed by atoms with Gasteiger partial charge in [-0.15, -0.1) is 0 Å². The van der Waals surface area contributed by atoms with Gasteiger partial charge in [0.2, 0.25) is 0 Å². The van der Waals surface area contributed by atoms with E-state index in [1.165, 1.54) is 14.2 Å². The highest BCUT2D eigenvalue weighted by Gasteiger charge is 2.26. The van der Waals surface area contributed by atoms with Gasteiger partial charge in [-0.1, -0.05) is 23.4 Å². The zero-order valence-electron chi connectivity index (χ0n) is 14.6. The number of hydrazone groups is 1. The van der Waals surface area contributed by atoms with Crippen LogP contribution >= 0.6 is 0 Å². The highest BCUT2D eigenvalue weighted by Crippen LogP contribution is 2.06. The van der Waals surface area contributed by atoms with Crippen LogP contribution in [0.5, 0.6) is 0 Å². The fourth-order valence-corrected chi connectivity index (χ4v) is 2.33. The highest BCUT2D eigenvalue weighted by molar-refractivity contribution is 6.66. The number of benzene rings is 1. The van der Waals surface area contributed by atoms with E-state index >= 15 is 0 Å². The van der Waals surface area contributed by atoms with E-state index in [2.05, 4.69) is 10.3 Å². The molecule has 0 radical (unpaired) electrons. The van der Waals surface area contributed by atoms with Crippen LogP contribution in [-0.4, -0.2) is 73.6 Å². The van der Waals surface area contributed by atoms with Gasteiger partial charge in [0.25, 0.3) is 11.8 Å². The highest BCUT2D eigenvalue weighted by atomic mass is 16.6. The molecule has 2 rings (SSSR count). The molecule has 134 valence electrons. The van der Waals surface area contributed by atoms with Gasteiger partial charge >= 0.3 is 0 Å². The van der Waals surface area contributed by atoms with Gasteiger partial charge in [0.15, 0.2) is 5.71 Å². The van der Waals surface area contributed by atoms with Gasteiger partial charge in [-0.25, -0.2) is 5.01 Å². The Balaban J connectivity index is 2.27. The zero-order valence-corrected chi connectivity index (χ0v) is 14.6. The smallest absolute Gasteiger partial charge is 0.276 e. The Kier molecular flexibility index (Phi) is 6.64. The van der Waals surface area contributed by atoms with Crippen molar-refractivity contribution < 1.29 is 19.2 Å². The van der Waals surface area contributed by atoms with E-state index in [1.54, 1.807) is 36.1 Å². The molecule has 8 heteroatoms. The summed E-state index contributed by atoms with van der Waals surface area (Å²) in [5, 5.41) is 9.14. The summed E-state index contributed by atoms with van der Waals surface area (Å²) in [5.41, 5.74) is 0.843. The maximum absolute atomic E-state index is 12.8. The summed E-state index contributed by atoms with van der Waals surface area (Å²) in [6, 6.07) is 8.73. The summed E-state index contributed by atoms with van der Waals surface area (Å²) in [6.07, 6.45) is 0. The lowest BCUT2D eigenvalue weighted by atomic mass is 10.2. The molecule has 25 heavy (non-hydrogen) atoms. The maximum Gasteiger partial charge on any atom is 0.276 e. The van der Waals surface area contributed by atoms with Gasteiger partial charge in [0.1, 0.15) is 12.8 Å². The number of nitrogens with zero attached hydrogens (tertiary/aromatic N) is 4. The minimum absolute atomic E-state index is 0.0653. The lowest BCUT2D eigenvalue weighted by Crippen LogP contribution is -2.46. The molecule has 0 aromatic heterocycles. The molecule has 2 amide bonds. The van der Waals surface area contributed by atoms with E-state index in [-0.39, 0.29) is 17.5 Å². The Morgan fingerprint density at radius 2 is 1.84 bits per heavy atom. The van der Waals surface area contributed by atoms with Crippen LogP contribution in [0, 0.1) is 0 Å². The molecular formula is C17H22N4O4. The van der Waals surface area contributed by atoms with Crippen molar-refractivity contribution in [3.05, 3.63) is 35.9 Å². The topological polar surface area (TPSA) is 83.8 Å². The van der Waals surface area contributed by atoms with Gasteiger partial charge in [-0.05, 0) is 19.1 Å². The van der Waals surface area contributed by atoms with Crippen molar-refractivity contribution in [2.75, 3.05) is 40.5 Å². The van der Waals surface area contributed by atoms with Crippen molar-refractivity contribution in [1.29, 1.82) is 0 Å². The summed E-state index contributed by atoms with van der Waals surface area (Å²) in [4.78, 5) is 31.6. The van der Waals surface area contributed by atoms with Crippen molar-refractivity contribution in [3.8, 4) is 0 Å². The molecule has 0 saturated carbocycles. The molecule has 1 fully saturated rings.